The van der Waals surface area contributed by atoms with Gasteiger partial charge < -0.3 is 15.2 Å². The van der Waals surface area contributed by atoms with E-state index in [0.29, 0.717) is 6.61 Å². The Morgan fingerprint density at radius 3 is 2.87 bits per heavy atom. The Morgan fingerprint density at radius 2 is 2.20 bits per heavy atom. The summed E-state index contributed by atoms with van der Waals surface area (Å²) in [5.74, 6) is 0.258. The van der Waals surface area contributed by atoms with E-state index in [1.54, 1.807) is 0 Å². The lowest BCUT2D eigenvalue weighted by atomic mass is 10.0. The second-order valence-electron chi connectivity index (χ2n) is 4.49. The lowest BCUT2D eigenvalue weighted by molar-refractivity contribution is -0.131. The lowest BCUT2D eigenvalue weighted by Crippen LogP contribution is -2.43. The lowest BCUT2D eigenvalue weighted by Gasteiger charge is -2.20. The van der Waals surface area contributed by atoms with Gasteiger partial charge in [0, 0.05) is 25.2 Å². The van der Waals surface area contributed by atoms with E-state index in [0.717, 1.165) is 32.1 Å². The Hall–Kier alpha value is -0.610. The summed E-state index contributed by atoms with van der Waals surface area (Å²) in [7, 11) is 0. The molecule has 15 heavy (non-hydrogen) atoms. The van der Waals surface area contributed by atoms with Crippen molar-refractivity contribution in [3.8, 4) is 0 Å². The highest BCUT2D eigenvalue weighted by molar-refractivity contribution is 5.81. The van der Waals surface area contributed by atoms with Crippen molar-refractivity contribution in [1.82, 2.24) is 5.32 Å². The molecule has 2 rings (SSSR count). The molecule has 0 aromatic carbocycles. The predicted molar refractivity (Wildman–Crippen MR) is 55.3 cm³/mol. The molecule has 86 valence electrons. The Balaban J connectivity index is 1.82. The van der Waals surface area contributed by atoms with Gasteiger partial charge in [0.25, 0.3) is 0 Å². The molecule has 0 spiro atoms. The molecule has 2 fully saturated rings. The zero-order valence-electron chi connectivity index (χ0n) is 8.95. The summed E-state index contributed by atoms with van der Waals surface area (Å²) in [6.45, 7) is 0.878. The van der Waals surface area contributed by atoms with Crippen LogP contribution in [0.4, 0.5) is 0 Å². The Bertz CT molecular complexity index is 226. The molecule has 1 aliphatic carbocycles. The average Bonchev–Trinajstić information content (AvgIpc) is 2.87. The number of carbonyl (C=O) groups excluding carboxylic acids is 1. The van der Waals surface area contributed by atoms with Gasteiger partial charge in [0.2, 0.25) is 5.91 Å². The normalized spacial score (nSPS) is 35.7. The average molecular weight is 213 g/mol. The molecule has 1 saturated carbocycles. The molecule has 0 aromatic heterocycles. The van der Waals surface area contributed by atoms with Crippen LogP contribution in [-0.4, -0.2) is 36.4 Å². The molecule has 0 aromatic rings. The summed E-state index contributed by atoms with van der Waals surface area (Å²) in [6, 6.07) is 0.159. The summed E-state index contributed by atoms with van der Waals surface area (Å²) >= 11 is 0. The highest BCUT2D eigenvalue weighted by Crippen LogP contribution is 2.25. The first-order valence-electron chi connectivity index (χ1n) is 5.84. The van der Waals surface area contributed by atoms with Crippen molar-refractivity contribution in [3.05, 3.63) is 0 Å². The van der Waals surface area contributed by atoms with Gasteiger partial charge in [-0.3, -0.25) is 4.79 Å². The van der Waals surface area contributed by atoms with Crippen LogP contribution < -0.4 is 5.32 Å². The minimum atomic E-state index is -0.245. The smallest absolute Gasteiger partial charge is 0.249 e. The summed E-state index contributed by atoms with van der Waals surface area (Å²) < 4.78 is 5.32. The van der Waals surface area contributed by atoms with Crippen molar-refractivity contribution >= 4 is 5.91 Å². The minimum Gasteiger partial charge on any atom is -0.396 e. The van der Waals surface area contributed by atoms with Crippen LogP contribution >= 0.6 is 0 Å². The molecule has 1 heterocycles. The second kappa shape index (κ2) is 4.94. The van der Waals surface area contributed by atoms with Crippen molar-refractivity contribution in [2.24, 2.45) is 5.92 Å². The molecule has 2 aliphatic rings. The summed E-state index contributed by atoms with van der Waals surface area (Å²) in [6.07, 6.45) is 4.68. The number of nitrogens with one attached hydrogen (secondary N) is 1. The van der Waals surface area contributed by atoms with Crippen LogP contribution in [0.25, 0.3) is 0 Å². The molecule has 2 N–H and O–H groups in total. The summed E-state index contributed by atoms with van der Waals surface area (Å²) in [5, 5.41) is 12.1. The Morgan fingerprint density at radius 1 is 1.33 bits per heavy atom. The van der Waals surface area contributed by atoms with Gasteiger partial charge in [-0.25, -0.2) is 0 Å². The SMILES string of the molecule is O=C(NC1CCCC1CO)[C@H]1CCCO1. The van der Waals surface area contributed by atoms with E-state index < -0.39 is 0 Å². The molecular formula is C11H19NO3. The molecular weight excluding hydrogens is 194 g/mol. The maximum Gasteiger partial charge on any atom is 0.249 e. The van der Waals surface area contributed by atoms with Crippen molar-refractivity contribution in [1.29, 1.82) is 0 Å². The maximum absolute atomic E-state index is 11.7. The number of amides is 1. The fourth-order valence-electron chi connectivity index (χ4n) is 2.51. The monoisotopic (exact) mass is 213 g/mol. The topological polar surface area (TPSA) is 58.6 Å². The molecule has 0 bridgehead atoms. The Labute approximate surface area is 90.0 Å². The number of aliphatic hydroxyl groups is 1. The number of hydrogen-bond donors (Lipinski definition) is 2. The van der Waals surface area contributed by atoms with E-state index in [-0.39, 0.29) is 30.6 Å². The zero-order chi connectivity index (χ0) is 10.7. The van der Waals surface area contributed by atoms with Gasteiger partial charge in [0.05, 0.1) is 0 Å². The third-order valence-corrected chi connectivity index (χ3v) is 3.44. The van der Waals surface area contributed by atoms with E-state index in [4.69, 9.17) is 9.84 Å². The second-order valence-corrected chi connectivity index (χ2v) is 4.49. The van der Waals surface area contributed by atoms with Crippen molar-refractivity contribution in [2.75, 3.05) is 13.2 Å². The fourth-order valence-corrected chi connectivity index (χ4v) is 2.51. The number of aliphatic hydroxyl groups excluding tert-OH is 1. The Kier molecular flexibility index (Phi) is 3.59. The standard InChI is InChI=1S/C11H19NO3/c13-7-8-3-1-4-9(8)12-11(14)10-5-2-6-15-10/h8-10,13H,1-7H2,(H,12,14)/t8?,9?,10-/m1/s1. The van der Waals surface area contributed by atoms with Crippen LogP contribution in [0.2, 0.25) is 0 Å². The van der Waals surface area contributed by atoms with E-state index >= 15 is 0 Å². The van der Waals surface area contributed by atoms with Crippen molar-refractivity contribution in [3.63, 3.8) is 0 Å². The van der Waals surface area contributed by atoms with Gasteiger partial charge in [-0.15, -0.1) is 0 Å². The number of ether oxygens (including phenoxy) is 1. The van der Waals surface area contributed by atoms with Crippen LogP contribution in [0.3, 0.4) is 0 Å². The van der Waals surface area contributed by atoms with Gasteiger partial charge in [-0.05, 0) is 25.7 Å². The van der Waals surface area contributed by atoms with Crippen LogP contribution in [0.15, 0.2) is 0 Å². The van der Waals surface area contributed by atoms with E-state index in [1.165, 1.54) is 0 Å². The van der Waals surface area contributed by atoms with Gasteiger partial charge in [-0.1, -0.05) is 6.42 Å². The number of rotatable bonds is 3. The van der Waals surface area contributed by atoms with Crippen LogP contribution in [0.1, 0.15) is 32.1 Å². The molecule has 4 nitrogen and oxygen atoms in total. The third-order valence-electron chi connectivity index (χ3n) is 3.44. The first-order chi connectivity index (χ1) is 7.31. The van der Waals surface area contributed by atoms with Gasteiger partial charge in [0.15, 0.2) is 0 Å². The molecule has 0 radical (unpaired) electrons. The minimum absolute atomic E-state index is 0.0119. The predicted octanol–water partition coefficient (Wildman–Crippen LogP) is 0.443. The first-order valence-corrected chi connectivity index (χ1v) is 5.84. The molecule has 1 amide bonds. The maximum atomic E-state index is 11.7. The van der Waals surface area contributed by atoms with Crippen LogP contribution in [0.5, 0.6) is 0 Å². The number of hydrogen-bond acceptors (Lipinski definition) is 3. The fraction of sp³-hybridized carbons (Fsp3) is 0.909. The van der Waals surface area contributed by atoms with E-state index in [9.17, 15) is 4.79 Å². The molecule has 2 unspecified atom stereocenters. The quantitative estimate of drug-likeness (QED) is 0.715. The molecule has 1 saturated heterocycles. The number of carbonyl (C=O) groups is 1. The summed E-state index contributed by atoms with van der Waals surface area (Å²) in [4.78, 5) is 11.7. The molecule has 3 atom stereocenters. The highest BCUT2D eigenvalue weighted by Gasteiger charge is 2.31. The van der Waals surface area contributed by atoms with Gasteiger partial charge >= 0.3 is 0 Å². The van der Waals surface area contributed by atoms with Gasteiger partial charge in [0.1, 0.15) is 6.10 Å². The van der Waals surface area contributed by atoms with Crippen molar-refractivity contribution < 1.29 is 14.6 Å². The zero-order valence-corrected chi connectivity index (χ0v) is 8.95. The molecule has 4 heteroatoms. The van der Waals surface area contributed by atoms with Crippen molar-refractivity contribution in [2.45, 2.75) is 44.2 Å². The largest absolute Gasteiger partial charge is 0.396 e. The van der Waals surface area contributed by atoms with Crippen LogP contribution in [-0.2, 0) is 9.53 Å². The first kappa shape index (κ1) is 10.9. The van der Waals surface area contributed by atoms with E-state index in [2.05, 4.69) is 5.32 Å². The molecule has 1 aliphatic heterocycles. The summed E-state index contributed by atoms with van der Waals surface area (Å²) in [5.41, 5.74) is 0. The van der Waals surface area contributed by atoms with E-state index in [1.807, 2.05) is 0 Å². The third kappa shape index (κ3) is 2.49. The highest BCUT2D eigenvalue weighted by atomic mass is 16.5. The van der Waals surface area contributed by atoms with Crippen LogP contribution in [0, 0.1) is 5.92 Å². The van der Waals surface area contributed by atoms with Gasteiger partial charge in [-0.2, -0.15) is 0 Å².